The molecule has 0 saturated carbocycles. The Morgan fingerprint density at radius 3 is 2.61 bits per heavy atom. The summed E-state index contributed by atoms with van der Waals surface area (Å²) in [5.74, 6) is 0.872. The molecule has 0 saturated heterocycles. The molecule has 1 atom stereocenters. The number of unbranched alkanes of at least 4 members (excludes halogenated alkanes) is 1. The highest BCUT2D eigenvalue weighted by atomic mass is 16.6. The van der Waals surface area contributed by atoms with Crippen LogP contribution in [0.1, 0.15) is 79.2 Å². The van der Waals surface area contributed by atoms with Gasteiger partial charge in [0, 0.05) is 36.3 Å². The van der Waals surface area contributed by atoms with E-state index in [2.05, 4.69) is 34.7 Å². The van der Waals surface area contributed by atoms with Crippen LogP contribution in [0.2, 0.25) is 0 Å². The van der Waals surface area contributed by atoms with Crippen LogP contribution in [-0.4, -0.2) is 45.5 Å². The molecule has 2 aromatic heterocycles. The summed E-state index contributed by atoms with van der Waals surface area (Å²) in [6, 6.07) is 5.40. The van der Waals surface area contributed by atoms with E-state index in [-0.39, 0.29) is 11.9 Å². The molecule has 10 heteroatoms. The Bertz CT molecular complexity index is 1390. The van der Waals surface area contributed by atoms with Crippen LogP contribution in [0.3, 0.4) is 0 Å². The highest BCUT2D eigenvalue weighted by Crippen LogP contribution is 2.37. The first-order chi connectivity index (χ1) is 19.5. The number of rotatable bonds is 12. The van der Waals surface area contributed by atoms with Crippen molar-refractivity contribution < 1.29 is 19.1 Å². The lowest BCUT2D eigenvalue weighted by atomic mass is 10.0. The average molecular weight is 565 g/mol. The van der Waals surface area contributed by atoms with Gasteiger partial charge in [-0.1, -0.05) is 38.5 Å². The molecule has 0 spiro atoms. The molecule has 1 aromatic carbocycles. The largest absolute Gasteiger partial charge is 0.495 e. The van der Waals surface area contributed by atoms with Crippen LogP contribution >= 0.6 is 0 Å². The Kier molecular flexibility index (Phi) is 10.7. The van der Waals surface area contributed by atoms with E-state index < -0.39 is 11.7 Å². The predicted molar refractivity (Wildman–Crippen MR) is 165 cm³/mol. The minimum Gasteiger partial charge on any atom is -0.495 e. The smallest absolute Gasteiger partial charge is 0.412 e. The summed E-state index contributed by atoms with van der Waals surface area (Å²) < 4.78 is 12.9. The lowest BCUT2D eigenvalue weighted by molar-refractivity contribution is -0.121. The van der Waals surface area contributed by atoms with E-state index in [0.717, 1.165) is 41.3 Å². The van der Waals surface area contributed by atoms with E-state index in [1.807, 2.05) is 30.7 Å². The van der Waals surface area contributed by atoms with Crippen molar-refractivity contribution in [3.05, 3.63) is 36.0 Å². The fraction of sp³-hybridized carbons (Fsp3) is 0.484. The zero-order chi connectivity index (χ0) is 30.2. The first-order valence-electron chi connectivity index (χ1n) is 14.3. The summed E-state index contributed by atoms with van der Waals surface area (Å²) in [5.41, 5.74) is 9.51. The van der Waals surface area contributed by atoms with Crippen LogP contribution < -0.4 is 21.1 Å². The normalized spacial score (nSPS) is 12.5. The van der Waals surface area contributed by atoms with Gasteiger partial charge in [0.05, 0.1) is 23.7 Å². The van der Waals surface area contributed by atoms with Gasteiger partial charge >= 0.3 is 6.09 Å². The van der Waals surface area contributed by atoms with Gasteiger partial charge in [0.15, 0.2) is 0 Å². The summed E-state index contributed by atoms with van der Waals surface area (Å²) in [7, 11) is 1.54. The second-order valence-electron chi connectivity index (χ2n) is 11.1. The first-order valence-corrected chi connectivity index (χ1v) is 14.3. The maximum Gasteiger partial charge on any atom is 0.412 e. The number of nitrogen functional groups attached to an aromatic ring is 1. The van der Waals surface area contributed by atoms with Crippen molar-refractivity contribution in [2.75, 3.05) is 18.2 Å². The first kappa shape index (κ1) is 31.4. The van der Waals surface area contributed by atoms with E-state index in [4.69, 9.17) is 20.3 Å². The van der Waals surface area contributed by atoms with Gasteiger partial charge < -0.3 is 20.5 Å². The van der Waals surface area contributed by atoms with Gasteiger partial charge in [-0.25, -0.2) is 9.78 Å². The van der Waals surface area contributed by atoms with E-state index in [1.165, 1.54) is 7.11 Å². The SMILES string of the molecule is CCC/C=C/c1cnc(N)c2c(-c3ccc(NC(=O)OC(C)(C)C)c(OC)c3)nn(CC[C@@H](C)NC(=O)CCC)c12. The van der Waals surface area contributed by atoms with Crippen molar-refractivity contribution in [2.24, 2.45) is 0 Å². The van der Waals surface area contributed by atoms with Crippen LogP contribution in [0, 0.1) is 0 Å². The fourth-order valence-corrected chi connectivity index (χ4v) is 4.44. The molecule has 0 aliphatic carbocycles. The number of hydrogen-bond donors (Lipinski definition) is 3. The van der Waals surface area contributed by atoms with Crippen molar-refractivity contribution in [3.63, 3.8) is 0 Å². The van der Waals surface area contributed by atoms with Crippen molar-refractivity contribution >= 4 is 40.5 Å². The standard InChI is InChI=1S/C31H44N6O4/c1-8-10-11-13-22-19-33-29(32)26-27(36-37(28(22)26)17-16-20(3)34-25(38)12-9-2)21-14-15-23(24(18-21)40-7)35-30(39)41-31(4,5)6/h11,13-15,18-20H,8-10,12,16-17H2,1-7H3,(H2,32,33)(H,34,38)(H,35,39)/b13-11+/t20-/m1/s1. The van der Waals surface area contributed by atoms with E-state index in [0.29, 0.717) is 42.3 Å². The summed E-state index contributed by atoms with van der Waals surface area (Å²) in [6.07, 6.45) is 9.35. The molecule has 0 radical (unpaired) electrons. The number of fused-ring (bicyclic) bond motifs is 1. The minimum absolute atomic E-state index is 0.0201. The molecular weight excluding hydrogens is 520 g/mol. The third-order valence-corrected chi connectivity index (χ3v) is 6.35. The molecule has 0 fully saturated rings. The molecule has 3 rings (SSSR count). The van der Waals surface area contributed by atoms with Crippen LogP contribution in [0.5, 0.6) is 5.75 Å². The Morgan fingerprint density at radius 1 is 1.20 bits per heavy atom. The number of nitrogens with zero attached hydrogens (tertiary/aromatic N) is 3. The van der Waals surface area contributed by atoms with Gasteiger partial charge in [-0.05, 0) is 59.1 Å². The fourth-order valence-electron chi connectivity index (χ4n) is 4.44. The highest BCUT2D eigenvalue weighted by Gasteiger charge is 2.22. The van der Waals surface area contributed by atoms with E-state index >= 15 is 0 Å². The number of aromatic nitrogens is 3. The summed E-state index contributed by atoms with van der Waals surface area (Å²) in [6.45, 7) is 12.1. The molecule has 0 unspecified atom stereocenters. The lowest BCUT2D eigenvalue weighted by Gasteiger charge is -2.20. The Balaban J connectivity index is 2.05. The van der Waals surface area contributed by atoms with Gasteiger partial charge in [0.1, 0.15) is 22.9 Å². The van der Waals surface area contributed by atoms with Gasteiger partial charge in [-0.3, -0.25) is 14.8 Å². The van der Waals surface area contributed by atoms with Crippen LogP contribution in [0.25, 0.3) is 28.2 Å². The number of benzene rings is 1. The summed E-state index contributed by atoms with van der Waals surface area (Å²) >= 11 is 0. The van der Waals surface area contributed by atoms with Crippen LogP contribution in [0.4, 0.5) is 16.3 Å². The Morgan fingerprint density at radius 2 is 1.95 bits per heavy atom. The molecule has 0 aliphatic rings. The summed E-state index contributed by atoms with van der Waals surface area (Å²) in [5, 5.41) is 11.5. The molecule has 222 valence electrons. The number of aryl methyl sites for hydroxylation is 1. The second kappa shape index (κ2) is 14.0. The van der Waals surface area contributed by atoms with Crippen LogP contribution in [0.15, 0.2) is 30.5 Å². The predicted octanol–water partition coefficient (Wildman–Crippen LogP) is 6.54. The van der Waals surface area contributed by atoms with Crippen LogP contribution in [-0.2, 0) is 16.1 Å². The number of nitrogens with one attached hydrogen (secondary N) is 2. The molecule has 2 heterocycles. The number of anilines is 2. The average Bonchev–Trinajstić information content (AvgIpc) is 3.29. The summed E-state index contributed by atoms with van der Waals surface area (Å²) in [4.78, 5) is 29.0. The minimum atomic E-state index is -0.632. The number of methoxy groups -OCH3 is 1. The third-order valence-electron chi connectivity index (χ3n) is 6.35. The topological polar surface area (TPSA) is 133 Å². The highest BCUT2D eigenvalue weighted by molar-refractivity contribution is 6.04. The number of nitrogens with two attached hydrogens (primary N) is 1. The van der Waals surface area contributed by atoms with E-state index in [9.17, 15) is 9.59 Å². The number of pyridine rings is 1. The molecule has 0 bridgehead atoms. The van der Waals surface area contributed by atoms with Crippen molar-refractivity contribution in [1.82, 2.24) is 20.1 Å². The number of ether oxygens (including phenoxy) is 2. The maximum absolute atomic E-state index is 12.4. The molecule has 4 N–H and O–H groups in total. The number of carbonyl (C=O) groups is 2. The molecule has 0 aliphatic heterocycles. The second-order valence-corrected chi connectivity index (χ2v) is 11.1. The van der Waals surface area contributed by atoms with Crippen molar-refractivity contribution in [2.45, 2.75) is 91.8 Å². The number of carbonyl (C=O) groups excluding carboxylic acids is 2. The lowest BCUT2D eigenvalue weighted by Crippen LogP contribution is -2.33. The van der Waals surface area contributed by atoms with Crippen molar-refractivity contribution in [1.29, 1.82) is 0 Å². The van der Waals surface area contributed by atoms with Gasteiger partial charge in [-0.15, -0.1) is 0 Å². The Hall–Kier alpha value is -4.08. The Labute approximate surface area is 242 Å². The molecular formula is C31H44N6O4. The zero-order valence-corrected chi connectivity index (χ0v) is 25.3. The van der Waals surface area contributed by atoms with Crippen molar-refractivity contribution in [3.8, 4) is 17.0 Å². The van der Waals surface area contributed by atoms with Gasteiger partial charge in [0.25, 0.3) is 0 Å². The maximum atomic E-state index is 12.4. The van der Waals surface area contributed by atoms with Gasteiger partial charge in [-0.2, -0.15) is 5.10 Å². The molecule has 41 heavy (non-hydrogen) atoms. The molecule has 3 aromatic rings. The third kappa shape index (κ3) is 8.45. The van der Waals surface area contributed by atoms with Gasteiger partial charge in [0.2, 0.25) is 5.91 Å². The molecule has 10 nitrogen and oxygen atoms in total. The number of amides is 2. The monoisotopic (exact) mass is 564 g/mol. The van der Waals surface area contributed by atoms with E-state index in [1.54, 1.807) is 33.0 Å². The quantitative estimate of drug-likeness (QED) is 0.227. The number of hydrogen-bond acceptors (Lipinski definition) is 7. The zero-order valence-electron chi connectivity index (χ0n) is 25.3. The molecule has 2 amide bonds. The number of allylic oxidation sites excluding steroid dienone is 1.